The molecular weight excluding hydrogens is 96.0 g/mol. The highest BCUT2D eigenvalue weighted by Crippen LogP contribution is 1.06. The van der Waals surface area contributed by atoms with Crippen molar-refractivity contribution in [3.05, 3.63) is 0 Å². The Hall–Kier alpha value is -1.32. The SMILES string of the molecule is C#CO.C#CO.O. The van der Waals surface area contributed by atoms with Gasteiger partial charge in [-0.3, -0.25) is 0 Å². The van der Waals surface area contributed by atoms with Gasteiger partial charge in [0.15, 0.2) is 0 Å². The third-order valence-electron chi connectivity index (χ3n) is 0. The van der Waals surface area contributed by atoms with Crippen LogP contribution in [0.3, 0.4) is 0 Å². The molecule has 0 aliphatic carbocycles. The van der Waals surface area contributed by atoms with E-state index in [4.69, 9.17) is 10.2 Å². The Balaban J connectivity index is -0.0000000400. The quantitative estimate of drug-likeness (QED) is 0.388. The van der Waals surface area contributed by atoms with E-state index in [1.165, 1.54) is 12.2 Å². The lowest BCUT2D eigenvalue weighted by Gasteiger charge is -1.32. The Morgan fingerprint density at radius 1 is 1.00 bits per heavy atom. The van der Waals surface area contributed by atoms with E-state index in [0.29, 0.717) is 0 Å². The molecular formula is C4H6O3. The molecule has 0 aromatic heterocycles. The third-order valence-corrected chi connectivity index (χ3v) is 0. The van der Waals surface area contributed by atoms with Crippen LogP contribution in [0.5, 0.6) is 0 Å². The molecule has 0 saturated carbocycles. The summed E-state index contributed by atoms with van der Waals surface area (Å²) in [6.45, 7) is 0. The highest BCUT2D eigenvalue weighted by atomic mass is 16.2. The molecule has 0 heterocycles. The summed E-state index contributed by atoms with van der Waals surface area (Å²) in [5, 5.41) is 14.2. The fourth-order valence-electron chi connectivity index (χ4n) is 0. The smallest absolute Gasteiger partial charge is 0.103 e. The molecule has 0 rings (SSSR count). The van der Waals surface area contributed by atoms with Crippen LogP contribution in [-0.2, 0) is 0 Å². The summed E-state index contributed by atoms with van der Waals surface area (Å²) in [6.07, 6.45) is 10.8. The van der Waals surface area contributed by atoms with Crippen LogP contribution in [0.15, 0.2) is 0 Å². The predicted molar refractivity (Wildman–Crippen MR) is 25.2 cm³/mol. The maximum atomic E-state index is 7.10. The largest absolute Gasteiger partial charge is 0.462 e. The summed E-state index contributed by atoms with van der Waals surface area (Å²) in [4.78, 5) is 0. The van der Waals surface area contributed by atoms with E-state index in [1.54, 1.807) is 0 Å². The van der Waals surface area contributed by atoms with Crippen molar-refractivity contribution in [1.29, 1.82) is 0 Å². The van der Waals surface area contributed by atoms with Gasteiger partial charge in [0.25, 0.3) is 0 Å². The Morgan fingerprint density at radius 2 is 1.00 bits per heavy atom. The zero-order valence-electron chi connectivity index (χ0n) is 3.55. The maximum absolute atomic E-state index is 7.10. The van der Waals surface area contributed by atoms with Crippen molar-refractivity contribution in [3.8, 4) is 25.1 Å². The number of hydrogen-bond donors (Lipinski definition) is 2. The van der Waals surface area contributed by atoms with Gasteiger partial charge in [-0.2, -0.15) is 0 Å². The van der Waals surface area contributed by atoms with Crippen molar-refractivity contribution in [2.45, 2.75) is 0 Å². The molecule has 0 bridgehead atoms. The second-order valence-corrected chi connectivity index (χ2v) is 0.258. The molecule has 40 valence electrons. The molecule has 0 amide bonds. The summed E-state index contributed by atoms with van der Waals surface area (Å²) in [7, 11) is 0. The van der Waals surface area contributed by atoms with Crippen LogP contribution < -0.4 is 0 Å². The standard InChI is InChI=1S/2C2H2O.H2O/c2*1-2-3;/h2*1,3H;1H2. The van der Waals surface area contributed by atoms with E-state index in [2.05, 4.69) is 12.8 Å². The topological polar surface area (TPSA) is 72.0 Å². The van der Waals surface area contributed by atoms with Crippen LogP contribution in [0.2, 0.25) is 0 Å². The predicted octanol–water partition coefficient (Wildman–Crippen LogP) is -0.925. The number of hydrogen-bond acceptors (Lipinski definition) is 2. The first kappa shape index (κ1) is 17.3. The van der Waals surface area contributed by atoms with Crippen molar-refractivity contribution in [2.75, 3.05) is 0 Å². The second-order valence-electron chi connectivity index (χ2n) is 0.258. The van der Waals surface area contributed by atoms with Crippen LogP contribution in [0.1, 0.15) is 0 Å². The Kier molecular flexibility index (Phi) is 339. The molecule has 0 aromatic rings. The van der Waals surface area contributed by atoms with Crippen LogP contribution in [0, 0.1) is 25.1 Å². The lowest BCUT2D eigenvalue weighted by atomic mass is 11.3. The van der Waals surface area contributed by atoms with Gasteiger partial charge < -0.3 is 15.7 Å². The molecule has 7 heavy (non-hydrogen) atoms. The minimum absolute atomic E-state index is 0. The lowest BCUT2D eigenvalue weighted by Crippen LogP contribution is -1.27. The highest BCUT2D eigenvalue weighted by Gasteiger charge is 1.06. The zero-order valence-corrected chi connectivity index (χ0v) is 3.55. The molecule has 0 aliphatic heterocycles. The minimum Gasteiger partial charge on any atom is -0.462 e. The Bertz CT molecular complexity index is 61.9. The maximum Gasteiger partial charge on any atom is 0.103 e. The summed E-state index contributed by atoms with van der Waals surface area (Å²) >= 11 is 0. The second kappa shape index (κ2) is 137. The molecule has 0 aliphatic rings. The molecule has 0 atom stereocenters. The lowest BCUT2D eigenvalue weighted by molar-refractivity contribution is 0.518. The molecule has 3 heteroatoms. The number of aliphatic hydroxyl groups excluding tert-OH is 2. The molecule has 3 nitrogen and oxygen atoms in total. The van der Waals surface area contributed by atoms with Gasteiger partial charge in [0.1, 0.15) is 12.2 Å². The summed E-state index contributed by atoms with van der Waals surface area (Å²) < 4.78 is 0. The van der Waals surface area contributed by atoms with Gasteiger partial charge in [0, 0.05) is 0 Å². The summed E-state index contributed by atoms with van der Waals surface area (Å²) in [5.41, 5.74) is 0. The third kappa shape index (κ3) is 19.3. The number of aliphatic hydroxyl groups is 2. The van der Waals surface area contributed by atoms with Crippen LogP contribution in [-0.4, -0.2) is 15.7 Å². The highest BCUT2D eigenvalue weighted by molar-refractivity contribution is 4.61. The minimum atomic E-state index is 0. The van der Waals surface area contributed by atoms with Crippen molar-refractivity contribution in [2.24, 2.45) is 0 Å². The van der Waals surface area contributed by atoms with Crippen LogP contribution >= 0.6 is 0 Å². The Morgan fingerprint density at radius 3 is 1.00 bits per heavy atom. The Labute approximate surface area is 41.9 Å². The molecule has 0 radical (unpaired) electrons. The van der Waals surface area contributed by atoms with Gasteiger partial charge >= 0.3 is 0 Å². The molecule has 0 saturated heterocycles. The van der Waals surface area contributed by atoms with E-state index in [9.17, 15) is 0 Å². The molecule has 0 unspecified atom stereocenters. The van der Waals surface area contributed by atoms with Crippen molar-refractivity contribution >= 4 is 0 Å². The number of terminal acetylenes is 2. The molecule has 0 fully saturated rings. The first-order valence-electron chi connectivity index (χ1n) is 1.02. The average Bonchev–Trinajstić information content (AvgIpc) is 1.39. The average molecular weight is 102 g/mol. The van der Waals surface area contributed by atoms with Gasteiger partial charge in [-0.05, 0) is 0 Å². The first-order valence-corrected chi connectivity index (χ1v) is 1.02. The monoisotopic (exact) mass is 102 g/mol. The first-order chi connectivity index (χ1) is 2.83. The zero-order chi connectivity index (χ0) is 5.41. The van der Waals surface area contributed by atoms with E-state index in [1.807, 2.05) is 0 Å². The van der Waals surface area contributed by atoms with Crippen molar-refractivity contribution in [3.63, 3.8) is 0 Å². The van der Waals surface area contributed by atoms with Crippen LogP contribution in [0.4, 0.5) is 0 Å². The summed E-state index contributed by atoms with van der Waals surface area (Å²) in [6, 6.07) is 0. The fraction of sp³-hybridized carbons (Fsp3) is 0. The number of rotatable bonds is 0. The van der Waals surface area contributed by atoms with Gasteiger partial charge in [-0.1, -0.05) is 12.8 Å². The molecule has 0 aromatic carbocycles. The molecule has 0 spiro atoms. The van der Waals surface area contributed by atoms with E-state index < -0.39 is 0 Å². The van der Waals surface area contributed by atoms with Crippen LogP contribution in [0.25, 0.3) is 0 Å². The fourth-order valence-corrected chi connectivity index (χ4v) is 0. The summed E-state index contributed by atoms with van der Waals surface area (Å²) in [5.74, 6) is 0. The van der Waals surface area contributed by atoms with E-state index in [0.717, 1.165) is 0 Å². The molecule has 4 N–H and O–H groups in total. The van der Waals surface area contributed by atoms with Gasteiger partial charge in [0.2, 0.25) is 0 Å². The van der Waals surface area contributed by atoms with E-state index >= 15 is 0 Å². The van der Waals surface area contributed by atoms with Crippen molar-refractivity contribution < 1.29 is 15.7 Å². The van der Waals surface area contributed by atoms with E-state index in [-0.39, 0.29) is 5.48 Å². The normalized spacial score (nSPS) is 2.00. The van der Waals surface area contributed by atoms with Crippen molar-refractivity contribution in [1.82, 2.24) is 0 Å². The van der Waals surface area contributed by atoms with Gasteiger partial charge in [0.05, 0.1) is 0 Å². The van der Waals surface area contributed by atoms with Gasteiger partial charge in [-0.25, -0.2) is 0 Å². The van der Waals surface area contributed by atoms with Gasteiger partial charge in [-0.15, -0.1) is 0 Å².